The number of nitrogens with zero attached hydrogens (tertiary/aromatic N) is 1. The number of carbonyl (C=O) groups excluding carboxylic acids is 1. The SMILES string of the molecule is CCC(C)(C)NC(=O)COc1ccc(Br)cc1C#N. The van der Waals surface area contributed by atoms with Crippen molar-refractivity contribution in [2.75, 3.05) is 6.61 Å². The van der Waals surface area contributed by atoms with Crippen LogP contribution in [0.3, 0.4) is 0 Å². The summed E-state index contributed by atoms with van der Waals surface area (Å²) in [6.07, 6.45) is 0.834. The molecule has 0 spiro atoms. The van der Waals surface area contributed by atoms with Crippen LogP contribution in [0, 0.1) is 11.3 Å². The summed E-state index contributed by atoms with van der Waals surface area (Å²) in [5.41, 5.74) is 0.148. The summed E-state index contributed by atoms with van der Waals surface area (Å²) in [7, 11) is 0. The zero-order valence-electron chi connectivity index (χ0n) is 11.3. The number of amides is 1. The molecule has 0 fully saturated rings. The van der Waals surface area contributed by atoms with Gasteiger partial charge in [-0.05, 0) is 38.5 Å². The van der Waals surface area contributed by atoms with E-state index in [1.54, 1.807) is 18.2 Å². The summed E-state index contributed by atoms with van der Waals surface area (Å²) in [4.78, 5) is 11.7. The molecule has 0 radical (unpaired) electrons. The fraction of sp³-hybridized carbons (Fsp3) is 0.429. The number of rotatable bonds is 5. The van der Waals surface area contributed by atoms with E-state index in [0.29, 0.717) is 11.3 Å². The maximum atomic E-state index is 11.7. The highest BCUT2D eigenvalue weighted by Gasteiger charge is 2.18. The van der Waals surface area contributed by atoms with Crippen molar-refractivity contribution >= 4 is 21.8 Å². The quantitative estimate of drug-likeness (QED) is 0.905. The van der Waals surface area contributed by atoms with Gasteiger partial charge in [0, 0.05) is 10.0 Å². The molecule has 1 rings (SSSR count). The van der Waals surface area contributed by atoms with Gasteiger partial charge in [-0.1, -0.05) is 22.9 Å². The lowest BCUT2D eigenvalue weighted by molar-refractivity contribution is -0.124. The Bertz CT molecular complexity index is 507. The average Bonchev–Trinajstić information content (AvgIpc) is 2.36. The summed E-state index contributed by atoms with van der Waals surface area (Å²) in [6, 6.07) is 7.12. The fourth-order valence-corrected chi connectivity index (χ4v) is 1.72. The second-order valence-electron chi connectivity index (χ2n) is 4.83. The lowest BCUT2D eigenvalue weighted by atomic mass is 10.0. The minimum absolute atomic E-state index is 0.0975. The Hall–Kier alpha value is -1.54. The van der Waals surface area contributed by atoms with Gasteiger partial charge in [-0.3, -0.25) is 4.79 Å². The highest BCUT2D eigenvalue weighted by molar-refractivity contribution is 9.10. The van der Waals surface area contributed by atoms with Gasteiger partial charge in [-0.15, -0.1) is 0 Å². The zero-order valence-corrected chi connectivity index (χ0v) is 12.9. The monoisotopic (exact) mass is 324 g/mol. The Labute approximate surface area is 121 Å². The van der Waals surface area contributed by atoms with Gasteiger partial charge in [0.1, 0.15) is 11.8 Å². The first-order valence-corrected chi connectivity index (χ1v) is 6.80. The molecule has 0 bridgehead atoms. The van der Waals surface area contributed by atoms with Gasteiger partial charge < -0.3 is 10.1 Å². The average molecular weight is 325 g/mol. The van der Waals surface area contributed by atoms with Crippen LogP contribution >= 0.6 is 15.9 Å². The summed E-state index contributed by atoms with van der Waals surface area (Å²) < 4.78 is 6.18. The standard InChI is InChI=1S/C14H17BrN2O2/c1-4-14(2,3)17-13(18)9-19-12-6-5-11(15)7-10(12)8-16/h5-7H,4,9H2,1-3H3,(H,17,18). The smallest absolute Gasteiger partial charge is 0.258 e. The minimum Gasteiger partial charge on any atom is -0.482 e. The molecule has 0 aromatic heterocycles. The van der Waals surface area contributed by atoms with E-state index in [0.717, 1.165) is 10.9 Å². The molecule has 0 unspecified atom stereocenters. The van der Waals surface area contributed by atoms with Crippen molar-refractivity contribution in [2.45, 2.75) is 32.7 Å². The molecule has 0 aliphatic rings. The van der Waals surface area contributed by atoms with Crippen LogP contribution in [0.1, 0.15) is 32.8 Å². The van der Waals surface area contributed by atoms with E-state index in [4.69, 9.17) is 10.00 Å². The van der Waals surface area contributed by atoms with Crippen LogP contribution < -0.4 is 10.1 Å². The number of nitriles is 1. The normalized spacial score (nSPS) is 10.7. The molecular weight excluding hydrogens is 308 g/mol. The molecule has 1 N–H and O–H groups in total. The maximum absolute atomic E-state index is 11.7. The molecule has 4 nitrogen and oxygen atoms in total. The largest absolute Gasteiger partial charge is 0.482 e. The Morgan fingerprint density at radius 3 is 2.79 bits per heavy atom. The van der Waals surface area contributed by atoms with Gasteiger partial charge in [-0.25, -0.2) is 0 Å². The van der Waals surface area contributed by atoms with E-state index in [2.05, 4.69) is 21.2 Å². The Kier molecular flexibility index (Phi) is 5.37. The molecular formula is C14H17BrN2O2. The van der Waals surface area contributed by atoms with Gasteiger partial charge in [0.15, 0.2) is 6.61 Å². The van der Waals surface area contributed by atoms with Gasteiger partial charge in [0.25, 0.3) is 5.91 Å². The van der Waals surface area contributed by atoms with E-state index in [9.17, 15) is 4.79 Å². The number of hydrogen-bond donors (Lipinski definition) is 1. The third kappa shape index (κ3) is 4.92. The third-order valence-electron chi connectivity index (χ3n) is 2.78. The van der Waals surface area contributed by atoms with Crippen molar-refractivity contribution < 1.29 is 9.53 Å². The van der Waals surface area contributed by atoms with Gasteiger partial charge >= 0.3 is 0 Å². The molecule has 0 aliphatic carbocycles. The van der Waals surface area contributed by atoms with E-state index in [1.807, 2.05) is 26.8 Å². The van der Waals surface area contributed by atoms with E-state index >= 15 is 0 Å². The van der Waals surface area contributed by atoms with Crippen molar-refractivity contribution in [2.24, 2.45) is 0 Å². The molecule has 1 amide bonds. The van der Waals surface area contributed by atoms with Gasteiger partial charge in [0.05, 0.1) is 5.56 Å². The van der Waals surface area contributed by atoms with Crippen LogP contribution in [-0.2, 0) is 4.79 Å². The third-order valence-corrected chi connectivity index (χ3v) is 3.28. The molecule has 0 heterocycles. The summed E-state index contributed by atoms with van der Waals surface area (Å²) in [6.45, 7) is 5.81. The first kappa shape index (κ1) is 15.5. The molecule has 5 heteroatoms. The minimum atomic E-state index is -0.252. The lowest BCUT2D eigenvalue weighted by Crippen LogP contribution is -2.44. The number of carbonyl (C=O) groups is 1. The number of nitrogens with one attached hydrogen (secondary N) is 1. The predicted octanol–water partition coefficient (Wildman–Crippen LogP) is 3.00. The molecule has 0 aliphatic heterocycles. The van der Waals surface area contributed by atoms with Crippen LogP contribution in [0.4, 0.5) is 0 Å². The van der Waals surface area contributed by atoms with Crippen molar-refractivity contribution in [3.63, 3.8) is 0 Å². The summed E-state index contributed by atoms with van der Waals surface area (Å²) in [5, 5.41) is 11.9. The Morgan fingerprint density at radius 1 is 1.53 bits per heavy atom. The summed E-state index contributed by atoms with van der Waals surface area (Å²) >= 11 is 3.28. The van der Waals surface area contributed by atoms with Crippen molar-refractivity contribution in [3.8, 4) is 11.8 Å². The van der Waals surface area contributed by atoms with Crippen LogP contribution in [0.25, 0.3) is 0 Å². The maximum Gasteiger partial charge on any atom is 0.258 e. The number of hydrogen-bond acceptors (Lipinski definition) is 3. The highest BCUT2D eigenvalue weighted by Crippen LogP contribution is 2.22. The fourth-order valence-electron chi connectivity index (χ4n) is 1.36. The Morgan fingerprint density at radius 2 is 2.21 bits per heavy atom. The van der Waals surface area contributed by atoms with E-state index < -0.39 is 0 Å². The molecule has 1 aromatic rings. The number of benzene rings is 1. The topological polar surface area (TPSA) is 62.1 Å². The molecule has 19 heavy (non-hydrogen) atoms. The number of ether oxygens (including phenoxy) is 1. The highest BCUT2D eigenvalue weighted by atomic mass is 79.9. The van der Waals surface area contributed by atoms with Gasteiger partial charge in [-0.2, -0.15) is 5.26 Å². The van der Waals surface area contributed by atoms with E-state index in [-0.39, 0.29) is 18.1 Å². The lowest BCUT2D eigenvalue weighted by Gasteiger charge is -2.24. The van der Waals surface area contributed by atoms with Crippen LogP contribution in [0.5, 0.6) is 5.75 Å². The molecule has 1 aromatic carbocycles. The zero-order chi connectivity index (χ0) is 14.5. The van der Waals surface area contributed by atoms with Crippen molar-refractivity contribution in [1.29, 1.82) is 5.26 Å². The van der Waals surface area contributed by atoms with Crippen molar-refractivity contribution in [1.82, 2.24) is 5.32 Å². The second-order valence-corrected chi connectivity index (χ2v) is 5.74. The first-order chi connectivity index (χ1) is 8.88. The van der Waals surface area contributed by atoms with E-state index in [1.165, 1.54) is 0 Å². The number of halogens is 1. The van der Waals surface area contributed by atoms with Gasteiger partial charge in [0.2, 0.25) is 0 Å². The van der Waals surface area contributed by atoms with Crippen LogP contribution in [-0.4, -0.2) is 18.1 Å². The molecule has 0 saturated heterocycles. The second kappa shape index (κ2) is 6.58. The molecule has 0 saturated carbocycles. The summed E-state index contributed by atoms with van der Waals surface area (Å²) in [5.74, 6) is 0.216. The van der Waals surface area contributed by atoms with Crippen LogP contribution in [0.15, 0.2) is 22.7 Å². The molecule has 0 atom stereocenters. The molecule has 102 valence electrons. The predicted molar refractivity (Wildman–Crippen MR) is 76.9 cm³/mol. The Balaban J connectivity index is 2.63. The van der Waals surface area contributed by atoms with Crippen LogP contribution in [0.2, 0.25) is 0 Å². The van der Waals surface area contributed by atoms with Crippen molar-refractivity contribution in [3.05, 3.63) is 28.2 Å². The first-order valence-electron chi connectivity index (χ1n) is 6.01.